The fourth-order valence-electron chi connectivity index (χ4n) is 2.83. The van der Waals surface area contributed by atoms with Crippen LogP contribution in [0.1, 0.15) is 46.5 Å². The summed E-state index contributed by atoms with van der Waals surface area (Å²) < 4.78 is 5.47. The van der Waals surface area contributed by atoms with Crippen LogP contribution in [0.4, 0.5) is 0 Å². The maximum atomic E-state index is 6.36. The number of rotatable bonds is 4. The van der Waals surface area contributed by atoms with Crippen molar-refractivity contribution in [2.75, 3.05) is 0 Å². The van der Waals surface area contributed by atoms with Gasteiger partial charge in [0, 0.05) is 18.0 Å². The van der Waals surface area contributed by atoms with E-state index < -0.39 is 0 Å². The van der Waals surface area contributed by atoms with Gasteiger partial charge in [-0.2, -0.15) is 0 Å². The molecule has 0 spiro atoms. The van der Waals surface area contributed by atoms with Crippen molar-refractivity contribution in [2.45, 2.75) is 46.6 Å². The van der Waals surface area contributed by atoms with E-state index in [1.54, 1.807) is 6.26 Å². The molecule has 2 nitrogen and oxygen atoms in total. The Morgan fingerprint density at radius 2 is 1.79 bits per heavy atom. The van der Waals surface area contributed by atoms with Gasteiger partial charge in [0.05, 0.1) is 6.26 Å². The molecule has 0 aliphatic heterocycles. The van der Waals surface area contributed by atoms with Crippen LogP contribution in [0.15, 0.2) is 28.9 Å². The third kappa shape index (κ3) is 2.90. The molecule has 102 valence electrons. The average molecular weight is 257 g/mol. The first-order chi connectivity index (χ1) is 9.02. The standard InChI is InChI=1S/C17H23NO/c1-5-17-14(6-7-19-17)16(18)10-15-12(3)8-11(2)9-13(15)4/h6-9,16H,5,10,18H2,1-4H3. The molecule has 0 radical (unpaired) electrons. The second kappa shape index (κ2) is 5.62. The van der Waals surface area contributed by atoms with E-state index in [0.717, 1.165) is 24.2 Å². The van der Waals surface area contributed by atoms with Crippen LogP contribution in [0.2, 0.25) is 0 Å². The number of benzene rings is 1. The first-order valence-corrected chi connectivity index (χ1v) is 6.91. The van der Waals surface area contributed by atoms with Crippen molar-refractivity contribution in [2.24, 2.45) is 5.73 Å². The zero-order chi connectivity index (χ0) is 14.0. The second-order valence-corrected chi connectivity index (χ2v) is 5.34. The number of furan rings is 1. The third-order valence-electron chi connectivity index (χ3n) is 3.76. The van der Waals surface area contributed by atoms with Crippen LogP contribution in [-0.4, -0.2) is 0 Å². The smallest absolute Gasteiger partial charge is 0.108 e. The lowest BCUT2D eigenvalue weighted by Crippen LogP contribution is -2.15. The quantitative estimate of drug-likeness (QED) is 0.898. The highest BCUT2D eigenvalue weighted by Gasteiger charge is 2.15. The van der Waals surface area contributed by atoms with Gasteiger partial charge in [-0.05, 0) is 49.9 Å². The van der Waals surface area contributed by atoms with E-state index in [0.29, 0.717) is 0 Å². The maximum Gasteiger partial charge on any atom is 0.108 e. The van der Waals surface area contributed by atoms with Gasteiger partial charge in [0.15, 0.2) is 0 Å². The fourth-order valence-corrected chi connectivity index (χ4v) is 2.83. The van der Waals surface area contributed by atoms with Gasteiger partial charge in [0.2, 0.25) is 0 Å². The lowest BCUT2D eigenvalue weighted by molar-refractivity contribution is 0.505. The third-order valence-corrected chi connectivity index (χ3v) is 3.76. The van der Waals surface area contributed by atoms with Gasteiger partial charge in [0.1, 0.15) is 5.76 Å². The minimum absolute atomic E-state index is 0.00815. The van der Waals surface area contributed by atoms with Crippen LogP contribution < -0.4 is 5.73 Å². The first kappa shape index (κ1) is 13.9. The van der Waals surface area contributed by atoms with Crippen LogP contribution in [0.5, 0.6) is 0 Å². The number of aryl methyl sites for hydroxylation is 4. The minimum atomic E-state index is 0.00815. The molecule has 0 amide bonds. The molecule has 0 saturated carbocycles. The molecule has 2 N–H and O–H groups in total. The van der Waals surface area contributed by atoms with E-state index in [4.69, 9.17) is 10.2 Å². The van der Waals surface area contributed by atoms with Crippen molar-refractivity contribution < 1.29 is 4.42 Å². The lowest BCUT2D eigenvalue weighted by Gasteiger charge is -2.16. The normalized spacial score (nSPS) is 12.7. The largest absolute Gasteiger partial charge is 0.469 e. The van der Waals surface area contributed by atoms with Crippen molar-refractivity contribution in [3.8, 4) is 0 Å². The van der Waals surface area contributed by atoms with Crippen molar-refractivity contribution in [1.29, 1.82) is 0 Å². The molecule has 0 saturated heterocycles. The van der Waals surface area contributed by atoms with Crippen LogP contribution in [0.25, 0.3) is 0 Å². The predicted molar refractivity (Wildman–Crippen MR) is 79.4 cm³/mol. The highest BCUT2D eigenvalue weighted by Crippen LogP contribution is 2.25. The zero-order valence-corrected chi connectivity index (χ0v) is 12.3. The van der Waals surface area contributed by atoms with Crippen molar-refractivity contribution in [3.05, 3.63) is 58.0 Å². The van der Waals surface area contributed by atoms with E-state index in [-0.39, 0.29) is 6.04 Å². The Bertz CT molecular complexity index is 545. The molecule has 1 atom stereocenters. The molecule has 0 aliphatic carbocycles. The number of hydrogen-bond donors (Lipinski definition) is 1. The molecule has 1 aromatic carbocycles. The summed E-state index contributed by atoms with van der Waals surface area (Å²) in [5, 5.41) is 0. The summed E-state index contributed by atoms with van der Waals surface area (Å²) in [7, 11) is 0. The van der Waals surface area contributed by atoms with Crippen LogP contribution in [0, 0.1) is 20.8 Å². The summed E-state index contributed by atoms with van der Waals surface area (Å²) in [5.41, 5.74) is 12.8. The minimum Gasteiger partial charge on any atom is -0.469 e. The van der Waals surface area contributed by atoms with E-state index in [9.17, 15) is 0 Å². The SMILES string of the molecule is CCc1occc1C(N)Cc1c(C)cc(C)cc1C. The maximum absolute atomic E-state index is 6.36. The van der Waals surface area contributed by atoms with Crippen LogP contribution in [0.3, 0.4) is 0 Å². The molecule has 2 aromatic rings. The Morgan fingerprint density at radius 1 is 1.16 bits per heavy atom. The summed E-state index contributed by atoms with van der Waals surface area (Å²) >= 11 is 0. The summed E-state index contributed by atoms with van der Waals surface area (Å²) in [6.45, 7) is 8.56. The highest BCUT2D eigenvalue weighted by molar-refractivity contribution is 5.39. The second-order valence-electron chi connectivity index (χ2n) is 5.34. The van der Waals surface area contributed by atoms with Crippen molar-refractivity contribution >= 4 is 0 Å². The van der Waals surface area contributed by atoms with Crippen LogP contribution >= 0.6 is 0 Å². The van der Waals surface area contributed by atoms with E-state index in [1.165, 1.54) is 22.3 Å². The number of nitrogens with two attached hydrogens (primary N) is 1. The van der Waals surface area contributed by atoms with Gasteiger partial charge in [-0.25, -0.2) is 0 Å². The Balaban J connectivity index is 2.27. The molecule has 19 heavy (non-hydrogen) atoms. The van der Waals surface area contributed by atoms with Crippen molar-refractivity contribution in [3.63, 3.8) is 0 Å². The molecule has 1 unspecified atom stereocenters. The molecular formula is C17H23NO. The van der Waals surface area contributed by atoms with Gasteiger partial charge >= 0.3 is 0 Å². The van der Waals surface area contributed by atoms with Crippen molar-refractivity contribution in [1.82, 2.24) is 0 Å². The summed E-state index contributed by atoms with van der Waals surface area (Å²) in [5.74, 6) is 1.01. The van der Waals surface area contributed by atoms with E-state index in [2.05, 4.69) is 39.8 Å². The molecule has 0 bridgehead atoms. The Morgan fingerprint density at radius 3 is 2.37 bits per heavy atom. The lowest BCUT2D eigenvalue weighted by atomic mass is 9.92. The zero-order valence-electron chi connectivity index (χ0n) is 12.3. The topological polar surface area (TPSA) is 39.2 Å². The summed E-state index contributed by atoms with van der Waals surface area (Å²) in [6, 6.07) is 6.47. The molecule has 0 aliphatic rings. The monoisotopic (exact) mass is 257 g/mol. The summed E-state index contributed by atoms with van der Waals surface area (Å²) in [4.78, 5) is 0. The predicted octanol–water partition coefficient (Wildman–Crippen LogP) is 4.01. The van der Waals surface area contributed by atoms with Gasteiger partial charge < -0.3 is 10.2 Å². The summed E-state index contributed by atoms with van der Waals surface area (Å²) in [6.07, 6.45) is 3.50. The first-order valence-electron chi connectivity index (χ1n) is 6.91. The van der Waals surface area contributed by atoms with Crippen LogP contribution in [-0.2, 0) is 12.8 Å². The molecule has 2 rings (SSSR count). The van der Waals surface area contributed by atoms with E-state index >= 15 is 0 Å². The number of hydrogen-bond acceptors (Lipinski definition) is 2. The molecule has 1 aromatic heterocycles. The fraction of sp³-hybridized carbons (Fsp3) is 0.412. The van der Waals surface area contributed by atoms with E-state index in [1.807, 2.05) is 6.07 Å². The average Bonchev–Trinajstić information content (AvgIpc) is 2.81. The molecular weight excluding hydrogens is 234 g/mol. The Kier molecular flexibility index (Phi) is 4.11. The van der Waals surface area contributed by atoms with Gasteiger partial charge in [-0.3, -0.25) is 0 Å². The Labute approximate surface area is 115 Å². The molecule has 2 heteroatoms. The Hall–Kier alpha value is -1.54. The molecule has 0 fully saturated rings. The van der Waals surface area contributed by atoms with Gasteiger partial charge in [-0.1, -0.05) is 24.6 Å². The molecule has 1 heterocycles. The van der Waals surface area contributed by atoms with Gasteiger partial charge in [0.25, 0.3) is 0 Å². The highest BCUT2D eigenvalue weighted by atomic mass is 16.3. The van der Waals surface area contributed by atoms with Gasteiger partial charge in [-0.15, -0.1) is 0 Å².